The molecule has 0 amide bonds. The number of halogens is 3. The van der Waals surface area contributed by atoms with Crippen LogP contribution in [0.25, 0.3) is 0 Å². The second-order valence-electron chi connectivity index (χ2n) is 3.30. The zero-order valence-electron chi connectivity index (χ0n) is 9.71. The largest absolute Gasteiger partial charge is 0.301 e. The van der Waals surface area contributed by atoms with E-state index in [4.69, 9.17) is 5.26 Å². The van der Waals surface area contributed by atoms with E-state index in [0.717, 1.165) is 10.6 Å². The van der Waals surface area contributed by atoms with E-state index in [9.17, 15) is 13.2 Å². The van der Waals surface area contributed by atoms with Gasteiger partial charge in [-0.1, -0.05) is 0 Å². The van der Waals surface area contributed by atoms with Crippen molar-refractivity contribution in [1.29, 1.82) is 5.26 Å². The van der Waals surface area contributed by atoms with Crippen LogP contribution < -0.4 is 0 Å². The molecule has 0 fully saturated rings. The average molecular weight is 293 g/mol. The fourth-order valence-corrected chi connectivity index (χ4v) is 3.86. The topological polar surface area (TPSA) is 49.0 Å². The molecule has 98 valence electrons. The molecule has 8 heteroatoms. The minimum absolute atomic E-state index is 0.0309. The number of aryl methyl sites for hydroxylation is 2. The second-order valence-corrected chi connectivity index (χ2v) is 6.47. The van der Waals surface area contributed by atoms with Crippen LogP contribution in [0.2, 0.25) is 0 Å². The molecular formula is C10H10F3N3S2. The van der Waals surface area contributed by atoms with E-state index in [0.29, 0.717) is 4.34 Å². The van der Waals surface area contributed by atoms with Crippen molar-refractivity contribution in [1.82, 2.24) is 4.98 Å². The SMILES string of the molecule is Cc1nc(S(CCC(F)=C(F)F)=NC#N)sc1C. The van der Waals surface area contributed by atoms with Gasteiger partial charge >= 0.3 is 6.08 Å². The molecule has 1 aromatic rings. The summed E-state index contributed by atoms with van der Waals surface area (Å²) in [6, 6.07) is 0. The molecule has 18 heavy (non-hydrogen) atoms. The molecule has 0 aromatic carbocycles. The van der Waals surface area contributed by atoms with Crippen molar-refractivity contribution < 1.29 is 13.2 Å². The van der Waals surface area contributed by atoms with Gasteiger partial charge in [0.05, 0.1) is 5.69 Å². The summed E-state index contributed by atoms with van der Waals surface area (Å²) in [7, 11) is -0.951. The predicted octanol–water partition coefficient (Wildman–Crippen LogP) is 3.87. The molecule has 3 nitrogen and oxygen atoms in total. The van der Waals surface area contributed by atoms with Gasteiger partial charge in [-0.25, -0.2) is 9.37 Å². The van der Waals surface area contributed by atoms with Crippen LogP contribution in [0.5, 0.6) is 0 Å². The standard InChI is InChI=1S/C10H10F3N3S2/c1-6-7(2)17-10(16-6)18(15-5-14)4-3-8(11)9(12)13/h3-4H2,1-2H3. The fraction of sp³-hybridized carbons (Fsp3) is 0.400. The first-order valence-corrected chi connectivity index (χ1v) is 7.07. The van der Waals surface area contributed by atoms with Crippen molar-refractivity contribution in [2.45, 2.75) is 24.6 Å². The van der Waals surface area contributed by atoms with Crippen molar-refractivity contribution in [3.8, 4) is 6.19 Å². The molecule has 0 radical (unpaired) electrons. The Morgan fingerprint density at radius 3 is 2.56 bits per heavy atom. The minimum atomic E-state index is -2.32. The van der Waals surface area contributed by atoms with E-state index in [1.54, 1.807) is 6.19 Å². The maximum absolute atomic E-state index is 12.7. The van der Waals surface area contributed by atoms with E-state index in [1.807, 2.05) is 13.8 Å². The van der Waals surface area contributed by atoms with Gasteiger partial charge in [-0.2, -0.15) is 14.0 Å². The average Bonchev–Trinajstić information content (AvgIpc) is 2.64. The lowest BCUT2D eigenvalue weighted by Crippen LogP contribution is -1.98. The van der Waals surface area contributed by atoms with Crippen LogP contribution in [0, 0.1) is 25.3 Å². The summed E-state index contributed by atoms with van der Waals surface area (Å²) in [5, 5.41) is 8.56. The number of nitrogens with zero attached hydrogens (tertiary/aromatic N) is 3. The molecule has 1 heterocycles. The van der Waals surface area contributed by atoms with Crippen molar-refractivity contribution in [3.05, 3.63) is 22.5 Å². The monoisotopic (exact) mass is 293 g/mol. The van der Waals surface area contributed by atoms with Crippen molar-refractivity contribution >= 4 is 22.0 Å². The lowest BCUT2D eigenvalue weighted by atomic mass is 10.4. The lowest BCUT2D eigenvalue weighted by molar-refractivity contribution is 0.373. The minimum Gasteiger partial charge on any atom is -0.234 e. The Bertz CT molecular complexity index is 520. The summed E-state index contributed by atoms with van der Waals surface area (Å²) >= 11 is 1.35. The molecule has 1 unspecified atom stereocenters. The zero-order chi connectivity index (χ0) is 13.7. The van der Waals surface area contributed by atoms with Crippen LogP contribution in [0.15, 0.2) is 20.6 Å². The number of allylic oxidation sites excluding steroid dienone is 1. The summed E-state index contributed by atoms with van der Waals surface area (Å²) in [5.74, 6) is -1.42. The fourth-order valence-electron chi connectivity index (χ4n) is 1.05. The first-order valence-electron chi connectivity index (χ1n) is 4.90. The van der Waals surface area contributed by atoms with Gasteiger partial charge in [-0.15, -0.1) is 15.7 Å². The predicted molar refractivity (Wildman–Crippen MR) is 65.1 cm³/mol. The smallest absolute Gasteiger partial charge is 0.234 e. The van der Waals surface area contributed by atoms with Crippen LogP contribution in [0.1, 0.15) is 17.0 Å². The molecule has 1 atom stereocenters. The highest BCUT2D eigenvalue weighted by molar-refractivity contribution is 7.89. The van der Waals surface area contributed by atoms with Gasteiger partial charge in [-0.3, -0.25) is 0 Å². The van der Waals surface area contributed by atoms with Gasteiger partial charge in [0, 0.05) is 17.1 Å². The highest BCUT2D eigenvalue weighted by Crippen LogP contribution is 2.23. The Hall–Kier alpha value is -1.20. The quantitative estimate of drug-likeness (QED) is 0.791. The Labute approximate surface area is 109 Å². The van der Waals surface area contributed by atoms with Gasteiger partial charge in [0.25, 0.3) is 0 Å². The summed E-state index contributed by atoms with van der Waals surface area (Å²) in [6.45, 7) is 3.68. The number of nitriles is 1. The first-order chi connectivity index (χ1) is 8.45. The van der Waals surface area contributed by atoms with E-state index < -0.39 is 29.0 Å². The zero-order valence-corrected chi connectivity index (χ0v) is 11.3. The maximum atomic E-state index is 12.7. The highest BCUT2D eigenvalue weighted by Gasteiger charge is 2.12. The number of hydrogen-bond acceptors (Lipinski definition) is 4. The highest BCUT2D eigenvalue weighted by atomic mass is 32.2. The number of hydrogen-bond donors (Lipinski definition) is 0. The molecule has 0 saturated heterocycles. The van der Waals surface area contributed by atoms with Gasteiger partial charge in [0.1, 0.15) is 0 Å². The second kappa shape index (κ2) is 6.66. The molecule has 0 aliphatic rings. The third-order valence-corrected chi connectivity index (χ3v) is 5.16. The number of thiazole rings is 1. The summed E-state index contributed by atoms with van der Waals surface area (Å²) in [5.41, 5.74) is 0.813. The van der Waals surface area contributed by atoms with E-state index in [1.165, 1.54) is 11.3 Å². The van der Waals surface area contributed by atoms with Gasteiger partial charge in [-0.05, 0) is 24.5 Å². The van der Waals surface area contributed by atoms with Gasteiger partial charge in [0.2, 0.25) is 6.19 Å². The molecule has 0 spiro atoms. The summed E-state index contributed by atoms with van der Waals surface area (Å²) in [4.78, 5) is 5.19. The van der Waals surface area contributed by atoms with Crippen LogP contribution >= 0.6 is 11.3 Å². The van der Waals surface area contributed by atoms with Crippen LogP contribution in [-0.2, 0) is 10.7 Å². The summed E-state index contributed by atoms with van der Waals surface area (Å²) < 4.78 is 40.8. The van der Waals surface area contributed by atoms with E-state index in [-0.39, 0.29) is 5.75 Å². The maximum Gasteiger partial charge on any atom is 0.301 e. The Morgan fingerprint density at radius 2 is 2.11 bits per heavy atom. The van der Waals surface area contributed by atoms with E-state index >= 15 is 0 Å². The molecular weight excluding hydrogens is 283 g/mol. The molecule has 1 aromatic heterocycles. The van der Waals surface area contributed by atoms with Crippen molar-refractivity contribution in [2.75, 3.05) is 5.75 Å². The molecule has 1 rings (SSSR count). The third-order valence-electron chi connectivity index (χ3n) is 2.08. The van der Waals surface area contributed by atoms with Gasteiger partial charge < -0.3 is 0 Å². The van der Waals surface area contributed by atoms with Crippen LogP contribution in [-0.4, -0.2) is 10.7 Å². The van der Waals surface area contributed by atoms with Crippen LogP contribution in [0.3, 0.4) is 0 Å². The van der Waals surface area contributed by atoms with Crippen LogP contribution in [0.4, 0.5) is 13.2 Å². The molecule has 0 bridgehead atoms. The van der Waals surface area contributed by atoms with Crippen molar-refractivity contribution in [3.63, 3.8) is 0 Å². The van der Waals surface area contributed by atoms with Gasteiger partial charge in [0.15, 0.2) is 10.2 Å². The Kier molecular flexibility index (Phi) is 5.50. The Morgan fingerprint density at radius 1 is 1.44 bits per heavy atom. The molecule has 0 aliphatic heterocycles. The Balaban J connectivity index is 2.90. The molecule has 0 N–H and O–H groups in total. The summed E-state index contributed by atoms with van der Waals surface area (Å²) in [6.07, 6.45) is -1.13. The lowest BCUT2D eigenvalue weighted by Gasteiger charge is -2.00. The molecule has 0 aliphatic carbocycles. The number of rotatable bonds is 4. The number of aromatic nitrogens is 1. The van der Waals surface area contributed by atoms with E-state index in [2.05, 4.69) is 9.35 Å². The normalized spacial score (nSPS) is 12.2. The van der Waals surface area contributed by atoms with Crippen molar-refractivity contribution in [2.24, 2.45) is 4.36 Å². The first kappa shape index (κ1) is 14.9. The molecule has 0 saturated carbocycles. The third kappa shape index (κ3) is 3.92.